The smallest absolute Gasteiger partial charge is 0.250 e. The highest BCUT2D eigenvalue weighted by molar-refractivity contribution is 5.07. The molecule has 0 unspecified atom stereocenters. The van der Waals surface area contributed by atoms with Gasteiger partial charge in [0.2, 0.25) is 0 Å². The fourth-order valence-electron chi connectivity index (χ4n) is 1.37. The minimum Gasteiger partial charge on any atom is -0.315 e. The fourth-order valence-corrected chi connectivity index (χ4v) is 1.37. The van der Waals surface area contributed by atoms with Crippen molar-refractivity contribution in [2.45, 2.75) is 40.2 Å². The molecule has 1 aliphatic carbocycles. The Hall–Kier alpha value is -1.05. The first-order valence-corrected chi connectivity index (χ1v) is 5.43. The van der Waals surface area contributed by atoms with Crippen LogP contribution < -0.4 is 5.56 Å². The van der Waals surface area contributed by atoms with E-state index in [2.05, 4.69) is 0 Å². The van der Waals surface area contributed by atoms with Crippen LogP contribution in [0.15, 0.2) is 23.1 Å². The Balaban J connectivity index is 0.000000461. The van der Waals surface area contributed by atoms with Crippen LogP contribution in [0.5, 0.6) is 0 Å². The van der Waals surface area contributed by atoms with E-state index in [-0.39, 0.29) is 5.56 Å². The van der Waals surface area contributed by atoms with E-state index in [1.165, 1.54) is 12.8 Å². The molecule has 0 aliphatic heterocycles. The Labute approximate surface area is 85.6 Å². The van der Waals surface area contributed by atoms with Crippen LogP contribution in [0, 0.1) is 12.8 Å². The van der Waals surface area contributed by atoms with Crippen LogP contribution >= 0.6 is 0 Å². The summed E-state index contributed by atoms with van der Waals surface area (Å²) in [6.45, 7) is 6.93. The molecule has 2 nitrogen and oxygen atoms in total. The van der Waals surface area contributed by atoms with E-state index >= 15 is 0 Å². The van der Waals surface area contributed by atoms with Gasteiger partial charge in [0.25, 0.3) is 5.56 Å². The van der Waals surface area contributed by atoms with Crippen molar-refractivity contribution in [1.82, 2.24) is 4.57 Å². The molecule has 0 atom stereocenters. The number of pyridine rings is 1. The largest absolute Gasteiger partial charge is 0.315 e. The molecule has 0 aromatic carbocycles. The highest BCUT2D eigenvalue weighted by atomic mass is 16.1. The predicted molar refractivity (Wildman–Crippen MR) is 59.5 cm³/mol. The topological polar surface area (TPSA) is 22.0 Å². The van der Waals surface area contributed by atoms with Gasteiger partial charge in [-0.3, -0.25) is 4.79 Å². The third-order valence-electron chi connectivity index (χ3n) is 2.28. The zero-order valence-corrected chi connectivity index (χ0v) is 9.29. The van der Waals surface area contributed by atoms with Crippen LogP contribution in [-0.4, -0.2) is 4.57 Å². The lowest BCUT2D eigenvalue weighted by molar-refractivity contribution is 0.604. The molecule has 0 saturated heterocycles. The molecule has 2 rings (SSSR count). The maximum atomic E-state index is 11.3. The van der Waals surface area contributed by atoms with Crippen molar-refractivity contribution in [2.75, 3.05) is 0 Å². The van der Waals surface area contributed by atoms with Gasteiger partial charge in [0, 0.05) is 18.8 Å². The van der Waals surface area contributed by atoms with Crippen LogP contribution in [0.1, 0.15) is 32.3 Å². The first-order chi connectivity index (χ1) is 6.75. The van der Waals surface area contributed by atoms with Crippen molar-refractivity contribution in [3.63, 3.8) is 0 Å². The first kappa shape index (κ1) is 11.0. The molecule has 14 heavy (non-hydrogen) atoms. The highest BCUT2D eigenvalue weighted by Crippen LogP contribution is 2.29. The maximum absolute atomic E-state index is 11.3. The van der Waals surface area contributed by atoms with Gasteiger partial charge in [-0.25, -0.2) is 0 Å². The monoisotopic (exact) mass is 193 g/mol. The predicted octanol–water partition coefficient (Wildman–Crippen LogP) is 2.59. The molecule has 1 aliphatic rings. The van der Waals surface area contributed by atoms with Gasteiger partial charge < -0.3 is 4.57 Å². The molecule has 1 aromatic heterocycles. The van der Waals surface area contributed by atoms with Gasteiger partial charge in [0.05, 0.1) is 0 Å². The molecule has 1 saturated carbocycles. The van der Waals surface area contributed by atoms with E-state index in [1.54, 1.807) is 6.07 Å². The van der Waals surface area contributed by atoms with E-state index in [9.17, 15) is 4.79 Å². The van der Waals surface area contributed by atoms with Gasteiger partial charge >= 0.3 is 0 Å². The normalized spacial score (nSPS) is 14.5. The van der Waals surface area contributed by atoms with Crippen LogP contribution in [0.25, 0.3) is 0 Å². The van der Waals surface area contributed by atoms with Crippen molar-refractivity contribution in [3.8, 4) is 0 Å². The number of aryl methyl sites for hydroxylation is 1. The van der Waals surface area contributed by atoms with Crippen molar-refractivity contribution in [2.24, 2.45) is 5.92 Å². The zero-order valence-electron chi connectivity index (χ0n) is 9.29. The van der Waals surface area contributed by atoms with Crippen LogP contribution in [0.3, 0.4) is 0 Å². The minimum absolute atomic E-state index is 0.132. The van der Waals surface area contributed by atoms with Crippen molar-refractivity contribution < 1.29 is 0 Å². The Kier molecular flexibility index (Phi) is 3.93. The highest BCUT2D eigenvalue weighted by Gasteiger charge is 2.21. The molecule has 0 radical (unpaired) electrons. The summed E-state index contributed by atoms with van der Waals surface area (Å²) in [6, 6.07) is 3.52. The van der Waals surface area contributed by atoms with E-state index in [1.807, 2.05) is 37.6 Å². The van der Waals surface area contributed by atoms with Gasteiger partial charge in [-0.1, -0.05) is 19.9 Å². The van der Waals surface area contributed by atoms with E-state index < -0.39 is 0 Å². The second kappa shape index (κ2) is 4.99. The average Bonchev–Trinajstić information content (AvgIpc) is 2.99. The quantitative estimate of drug-likeness (QED) is 0.707. The first-order valence-electron chi connectivity index (χ1n) is 5.43. The average molecular weight is 193 g/mol. The third-order valence-corrected chi connectivity index (χ3v) is 2.28. The molecule has 1 aromatic rings. The standard InChI is InChI=1S/C10H13NO.C2H6/c1-8-2-5-10(12)11(6-8)7-9-3-4-9;1-2/h2,5-6,9H,3-4,7H2,1H3;1-2H3. The molecule has 1 heterocycles. The third kappa shape index (κ3) is 3.02. The number of hydrogen-bond acceptors (Lipinski definition) is 1. The molecule has 78 valence electrons. The zero-order chi connectivity index (χ0) is 10.6. The molecule has 0 N–H and O–H groups in total. The van der Waals surface area contributed by atoms with Crippen molar-refractivity contribution in [1.29, 1.82) is 0 Å². The number of rotatable bonds is 2. The van der Waals surface area contributed by atoms with E-state index in [0.29, 0.717) is 0 Å². The SMILES string of the molecule is CC.Cc1ccc(=O)n(CC2CC2)c1. The molecule has 0 spiro atoms. The van der Waals surface area contributed by atoms with Gasteiger partial charge in [-0.05, 0) is 31.2 Å². The van der Waals surface area contributed by atoms with Gasteiger partial charge in [0.15, 0.2) is 0 Å². The van der Waals surface area contributed by atoms with Crippen LogP contribution in [0.4, 0.5) is 0 Å². The summed E-state index contributed by atoms with van der Waals surface area (Å²) in [6.07, 6.45) is 4.53. The lowest BCUT2D eigenvalue weighted by Gasteiger charge is -2.03. The number of hydrogen-bond donors (Lipinski definition) is 0. The van der Waals surface area contributed by atoms with E-state index in [0.717, 1.165) is 18.0 Å². The minimum atomic E-state index is 0.132. The van der Waals surface area contributed by atoms with Gasteiger partial charge in [0.1, 0.15) is 0 Å². The Morgan fingerprint density at radius 3 is 2.57 bits per heavy atom. The van der Waals surface area contributed by atoms with E-state index in [4.69, 9.17) is 0 Å². The summed E-state index contributed by atoms with van der Waals surface area (Å²) < 4.78 is 1.83. The molecule has 1 fully saturated rings. The summed E-state index contributed by atoms with van der Waals surface area (Å²) >= 11 is 0. The van der Waals surface area contributed by atoms with Crippen LogP contribution in [-0.2, 0) is 6.54 Å². The molecule has 0 amide bonds. The molecule has 0 bridgehead atoms. The van der Waals surface area contributed by atoms with Crippen molar-refractivity contribution in [3.05, 3.63) is 34.2 Å². The summed E-state index contributed by atoms with van der Waals surface area (Å²) in [5.41, 5.74) is 1.29. The van der Waals surface area contributed by atoms with Crippen LogP contribution in [0.2, 0.25) is 0 Å². The second-order valence-corrected chi connectivity index (χ2v) is 3.64. The Morgan fingerprint density at radius 1 is 1.36 bits per heavy atom. The molecular weight excluding hydrogens is 174 g/mol. The Morgan fingerprint density at radius 2 is 2.00 bits per heavy atom. The Bertz CT molecular complexity index is 336. The van der Waals surface area contributed by atoms with Gasteiger partial charge in [-0.15, -0.1) is 0 Å². The lowest BCUT2D eigenvalue weighted by Crippen LogP contribution is -2.19. The summed E-state index contributed by atoms with van der Waals surface area (Å²) in [5.74, 6) is 0.768. The molecule has 2 heteroatoms. The lowest BCUT2D eigenvalue weighted by atomic mass is 10.3. The summed E-state index contributed by atoms with van der Waals surface area (Å²) in [7, 11) is 0. The molecular formula is C12H19NO. The number of nitrogens with zero attached hydrogens (tertiary/aromatic N) is 1. The fraction of sp³-hybridized carbons (Fsp3) is 0.583. The van der Waals surface area contributed by atoms with Gasteiger partial charge in [-0.2, -0.15) is 0 Å². The summed E-state index contributed by atoms with van der Waals surface area (Å²) in [5, 5.41) is 0. The maximum Gasteiger partial charge on any atom is 0.250 e. The number of aromatic nitrogens is 1. The second-order valence-electron chi connectivity index (χ2n) is 3.64. The summed E-state index contributed by atoms with van der Waals surface area (Å²) in [4.78, 5) is 11.3. The van der Waals surface area contributed by atoms with Crippen molar-refractivity contribution >= 4 is 0 Å².